The quantitative estimate of drug-likeness (QED) is 0.746. The van der Waals surface area contributed by atoms with Crippen LogP contribution >= 0.6 is 0 Å². The molecular weight excluding hydrogens is 220 g/mol. The molecule has 0 rings (SSSR count). The number of nitrogens with zero attached hydrogens (tertiary/aromatic N) is 2. The summed E-state index contributed by atoms with van der Waals surface area (Å²) >= 11 is 0. The number of aliphatic carboxylic acids is 1. The molecule has 0 saturated carbocycles. The van der Waals surface area contributed by atoms with Gasteiger partial charge in [0.1, 0.15) is 6.54 Å². The van der Waals surface area contributed by atoms with E-state index in [1.807, 2.05) is 20.8 Å². The highest BCUT2D eigenvalue weighted by Crippen LogP contribution is 2.15. The summed E-state index contributed by atoms with van der Waals surface area (Å²) in [4.78, 5) is 25.4. The number of urea groups is 1. The van der Waals surface area contributed by atoms with Crippen molar-refractivity contribution in [3.05, 3.63) is 12.7 Å². The second kappa shape index (κ2) is 6.27. The number of carbonyl (C=O) groups is 2. The molecular formula is C12H22N2O3. The van der Waals surface area contributed by atoms with E-state index in [0.29, 0.717) is 6.54 Å². The monoisotopic (exact) mass is 242 g/mol. The SMILES string of the molecule is C=CCN(CC(=O)O)C(=O)N(C)CC(C)(C)C. The Kier molecular flexibility index (Phi) is 5.71. The van der Waals surface area contributed by atoms with Crippen LogP contribution in [0.15, 0.2) is 12.7 Å². The van der Waals surface area contributed by atoms with Gasteiger partial charge in [0, 0.05) is 20.1 Å². The molecule has 0 aromatic carbocycles. The average Bonchev–Trinajstić information content (AvgIpc) is 2.12. The number of carboxylic acids is 1. The van der Waals surface area contributed by atoms with Gasteiger partial charge in [0.25, 0.3) is 0 Å². The summed E-state index contributed by atoms with van der Waals surface area (Å²) in [6.45, 7) is 10.1. The predicted octanol–water partition coefficient (Wildman–Crippen LogP) is 1.66. The van der Waals surface area contributed by atoms with Crippen LogP contribution in [0.2, 0.25) is 0 Å². The van der Waals surface area contributed by atoms with Crippen molar-refractivity contribution in [1.82, 2.24) is 9.80 Å². The average molecular weight is 242 g/mol. The van der Waals surface area contributed by atoms with Crippen molar-refractivity contribution < 1.29 is 14.7 Å². The van der Waals surface area contributed by atoms with Gasteiger partial charge < -0.3 is 14.9 Å². The molecule has 1 N–H and O–H groups in total. The molecule has 0 aromatic heterocycles. The molecule has 0 aliphatic heterocycles. The zero-order chi connectivity index (χ0) is 13.6. The minimum Gasteiger partial charge on any atom is -0.480 e. The van der Waals surface area contributed by atoms with Gasteiger partial charge in [-0.25, -0.2) is 4.79 Å². The molecule has 0 aliphatic rings. The van der Waals surface area contributed by atoms with Crippen molar-refractivity contribution in [3.8, 4) is 0 Å². The Labute approximate surface area is 103 Å². The van der Waals surface area contributed by atoms with E-state index >= 15 is 0 Å². The molecule has 0 aromatic rings. The summed E-state index contributed by atoms with van der Waals surface area (Å²) in [5, 5.41) is 8.73. The van der Waals surface area contributed by atoms with E-state index in [0.717, 1.165) is 0 Å². The lowest BCUT2D eigenvalue weighted by atomic mass is 9.96. The number of carbonyl (C=O) groups excluding carboxylic acids is 1. The van der Waals surface area contributed by atoms with Crippen LogP contribution in [0.1, 0.15) is 20.8 Å². The van der Waals surface area contributed by atoms with Crippen LogP contribution in [0.5, 0.6) is 0 Å². The number of rotatable bonds is 5. The fourth-order valence-corrected chi connectivity index (χ4v) is 1.55. The fraction of sp³-hybridized carbons (Fsp3) is 0.667. The van der Waals surface area contributed by atoms with Gasteiger partial charge >= 0.3 is 12.0 Å². The molecule has 0 bridgehead atoms. The molecule has 0 radical (unpaired) electrons. The van der Waals surface area contributed by atoms with Gasteiger partial charge in [-0.1, -0.05) is 26.8 Å². The van der Waals surface area contributed by atoms with Crippen LogP contribution in [0.3, 0.4) is 0 Å². The van der Waals surface area contributed by atoms with Gasteiger partial charge in [-0.2, -0.15) is 0 Å². The second-order valence-electron chi connectivity index (χ2n) is 5.26. The summed E-state index contributed by atoms with van der Waals surface area (Å²) < 4.78 is 0. The van der Waals surface area contributed by atoms with Crippen LogP contribution in [0.25, 0.3) is 0 Å². The van der Waals surface area contributed by atoms with E-state index < -0.39 is 5.97 Å². The third kappa shape index (κ3) is 6.60. The lowest BCUT2D eigenvalue weighted by Gasteiger charge is -2.31. The van der Waals surface area contributed by atoms with E-state index in [9.17, 15) is 9.59 Å². The van der Waals surface area contributed by atoms with Gasteiger partial charge in [0.05, 0.1) is 0 Å². The lowest BCUT2D eigenvalue weighted by Crippen LogP contribution is -2.46. The standard InChI is InChI=1S/C12H22N2O3/c1-6-7-14(8-10(15)16)11(17)13(5)9-12(2,3)4/h6H,1,7-9H2,2-5H3,(H,15,16). The van der Waals surface area contributed by atoms with E-state index in [4.69, 9.17) is 5.11 Å². The maximum Gasteiger partial charge on any atom is 0.323 e. The first kappa shape index (κ1) is 15.5. The first-order valence-corrected chi connectivity index (χ1v) is 5.50. The normalized spacial score (nSPS) is 10.8. The zero-order valence-corrected chi connectivity index (χ0v) is 11.1. The summed E-state index contributed by atoms with van der Waals surface area (Å²) in [5.74, 6) is -1.02. The molecule has 98 valence electrons. The Morgan fingerprint density at radius 3 is 2.24 bits per heavy atom. The van der Waals surface area contributed by atoms with Crippen LogP contribution in [-0.4, -0.2) is 53.6 Å². The number of amides is 2. The second-order valence-corrected chi connectivity index (χ2v) is 5.26. The highest BCUT2D eigenvalue weighted by Gasteiger charge is 2.23. The zero-order valence-electron chi connectivity index (χ0n) is 11.1. The smallest absolute Gasteiger partial charge is 0.323 e. The third-order valence-corrected chi connectivity index (χ3v) is 1.98. The largest absolute Gasteiger partial charge is 0.480 e. The third-order valence-electron chi connectivity index (χ3n) is 1.98. The van der Waals surface area contributed by atoms with Gasteiger partial charge in [-0.3, -0.25) is 4.79 Å². The predicted molar refractivity (Wildman–Crippen MR) is 66.9 cm³/mol. The maximum atomic E-state index is 12.0. The molecule has 17 heavy (non-hydrogen) atoms. The van der Waals surface area contributed by atoms with Crippen molar-refractivity contribution in [2.75, 3.05) is 26.7 Å². The number of hydrogen-bond donors (Lipinski definition) is 1. The van der Waals surface area contributed by atoms with Crippen LogP contribution in [-0.2, 0) is 4.79 Å². The first-order chi connectivity index (χ1) is 7.67. The Morgan fingerprint density at radius 2 is 1.88 bits per heavy atom. The van der Waals surface area contributed by atoms with Crippen molar-refractivity contribution in [2.45, 2.75) is 20.8 Å². The van der Waals surface area contributed by atoms with Crippen LogP contribution < -0.4 is 0 Å². The molecule has 0 fully saturated rings. The maximum absolute atomic E-state index is 12.0. The van der Waals surface area contributed by atoms with Crippen LogP contribution in [0.4, 0.5) is 4.79 Å². The lowest BCUT2D eigenvalue weighted by molar-refractivity contribution is -0.137. The molecule has 0 atom stereocenters. The molecule has 0 aliphatic carbocycles. The molecule has 5 nitrogen and oxygen atoms in total. The van der Waals surface area contributed by atoms with Crippen molar-refractivity contribution in [1.29, 1.82) is 0 Å². The van der Waals surface area contributed by atoms with E-state index in [1.165, 1.54) is 15.9 Å². The van der Waals surface area contributed by atoms with Crippen molar-refractivity contribution in [2.24, 2.45) is 5.41 Å². The Morgan fingerprint density at radius 1 is 1.35 bits per heavy atom. The van der Waals surface area contributed by atoms with Crippen molar-refractivity contribution >= 4 is 12.0 Å². The molecule has 0 saturated heterocycles. The Hall–Kier alpha value is -1.52. The highest BCUT2D eigenvalue weighted by molar-refractivity contribution is 5.80. The van der Waals surface area contributed by atoms with Gasteiger partial charge in [-0.05, 0) is 5.41 Å². The minimum absolute atomic E-state index is 0.0204. The molecule has 0 unspecified atom stereocenters. The number of carboxylic acid groups (broad SMARTS) is 1. The van der Waals surface area contributed by atoms with Gasteiger partial charge in [0.15, 0.2) is 0 Å². The molecule has 0 spiro atoms. The van der Waals surface area contributed by atoms with Crippen LogP contribution in [0, 0.1) is 5.41 Å². The topological polar surface area (TPSA) is 60.9 Å². The highest BCUT2D eigenvalue weighted by atomic mass is 16.4. The summed E-state index contributed by atoms with van der Waals surface area (Å²) in [6.07, 6.45) is 1.52. The summed E-state index contributed by atoms with van der Waals surface area (Å²) in [7, 11) is 1.67. The van der Waals surface area contributed by atoms with E-state index in [2.05, 4.69) is 6.58 Å². The Balaban J connectivity index is 4.59. The fourth-order valence-electron chi connectivity index (χ4n) is 1.55. The molecule has 0 heterocycles. The first-order valence-electron chi connectivity index (χ1n) is 5.50. The van der Waals surface area contributed by atoms with Gasteiger partial charge in [-0.15, -0.1) is 6.58 Å². The number of hydrogen-bond acceptors (Lipinski definition) is 2. The van der Waals surface area contributed by atoms with E-state index in [-0.39, 0.29) is 24.5 Å². The van der Waals surface area contributed by atoms with E-state index in [1.54, 1.807) is 7.05 Å². The molecule has 5 heteroatoms. The minimum atomic E-state index is -1.02. The van der Waals surface area contributed by atoms with Crippen molar-refractivity contribution in [3.63, 3.8) is 0 Å². The summed E-state index contributed by atoms with van der Waals surface area (Å²) in [6, 6.07) is -0.290. The summed E-state index contributed by atoms with van der Waals surface area (Å²) in [5.41, 5.74) is -0.0204. The Bertz CT molecular complexity index is 295. The molecule has 2 amide bonds. The van der Waals surface area contributed by atoms with Gasteiger partial charge in [0.2, 0.25) is 0 Å².